The highest BCUT2D eigenvalue weighted by Crippen LogP contribution is 2.12. The van der Waals surface area contributed by atoms with Gasteiger partial charge in [0.25, 0.3) is 0 Å². The van der Waals surface area contributed by atoms with E-state index >= 15 is 0 Å². The van der Waals surface area contributed by atoms with Gasteiger partial charge >= 0.3 is 0 Å². The molecule has 0 spiro atoms. The second-order valence-corrected chi connectivity index (χ2v) is 7.06. The fraction of sp³-hybridized carbons (Fsp3) is 0.118. The topological polar surface area (TPSA) is 70.6 Å². The van der Waals surface area contributed by atoms with Crippen LogP contribution >= 0.6 is 38.5 Å². The average molecular weight is 500 g/mol. The lowest BCUT2D eigenvalue weighted by Gasteiger charge is -2.04. The van der Waals surface area contributed by atoms with E-state index in [4.69, 9.17) is 0 Å². The molecule has 0 aliphatic rings. The Kier molecular flexibility index (Phi) is 7.38. The zero-order chi connectivity index (χ0) is 17.4. The molecule has 0 aromatic heterocycles. The van der Waals surface area contributed by atoms with Crippen LogP contribution in [0, 0.1) is 3.57 Å². The Bertz CT molecular complexity index is 748. The maximum atomic E-state index is 11.8. The molecule has 0 radical (unpaired) electrons. The van der Waals surface area contributed by atoms with Gasteiger partial charge in [-0.1, -0.05) is 28.1 Å². The van der Waals surface area contributed by atoms with Crippen LogP contribution in [0.2, 0.25) is 0 Å². The third-order valence-corrected chi connectivity index (χ3v) is 4.17. The molecule has 0 fully saturated rings. The molecule has 0 bridgehead atoms. The van der Waals surface area contributed by atoms with Gasteiger partial charge in [-0.15, -0.1) is 0 Å². The van der Waals surface area contributed by atoms with E-state index in [9.17, 15) is 9.59 Å². The summed E-state index contributed by atoms with van der Waals surface area (Å²) in [5, 5.41) is 6.62. The van der Waals surface area contributed by atoms with Gasteiger partial charge in [-0.05, 0) is 64.6 Å². The van der Waals surface area contributed by atoms with E-state index < -0.39 is 0 Å². The number of benzene rings is 2. The van der Waals surface area contributed by atoms with E-state index in [-0.39, 0.29) is 24.7 Å². The number of anilines is 1. The lowest BCUT2D eigenvalue weighted by Crippen LogP contribution is -2.20. The minimum atomic E-state index is -0.306. The van der Waals surface area contributed by atoms with E-state index in [0.717, 1.165) is 13.6 Å². The average Bonchev–Trinajstić information content (AvgIpc) is 2.55. The maximum absolute atomic E-state index is 11.8. The highest BCUT2D eigenvalue weighted by atomic mass is 127. The van der Waals surface area contributed by atoms with E-state index in [1.165, 1.54) is 0 Å². The number of nitrogens with zero attached hydrogens (tertiary/aromatic N) is 1. The van der Waals surface area contributed by atoms with Gasteiger partial charge in [-0.2, -0.15) is 5.10 Å². The van der Waals surface area contributed by atoms with Crippen LogP contribution < -0.4 is 10.7 Å². The summed E-state index contributed by atoms with van der Waals surface area (Å²) in [7, 11) is 0. The van der Waals surface area contributed by atoms with Crippen molar-refractivity contribution in [1.29, 1.82) is 0 Å². The highest BCUT2D eigenvalue weighted by molar-refractivity contribution is 14.1. The molecule has 0 heterocycles. The molecule has 0 saturated carbocycles. The molecule has 7 heteroatoms. The lowest BCUT2D eigenvalue weighted by atomic mass is 10.2. The number of hydrazone groups is 1. The molecular weight excluding hydrogens is 485 g/mol. The number of rotatable bonds is 6. The molecule has 0 atom stereocenters. The summed E-state index contributed by atoms with van der Waals surface area (Å²) in [4.78, 5) is 23.5. The molecule has 2 aromatic carbocycles. The Morgan fingerprint density at radius 1 is 1.08 bits per heavy atom. The number of nitrogens with one attached hydrogen (secondary N) is 2. The second kappa shape index (κ2) is 9.53. The van der Waals surface area contributed by atoms with Gasteiger partial charge in [-0.3, -0.25) is 9.59 Å². The predicted octanol–water partition coefficient (Wildman–Crippen LogP) is 3.92. The zero-order valence-electron chi connectivity index (χ0n) is 12.6. The summed E-state index contributed by atoms with van der Waals surface area (Å²) >= 11 is 5.55. The summed E-state index contributed by atoms with van der Waals surface area (Å²) in [5.74, 6) is -0.513. The largest absolute Gasteiger partial charge is 0.326 e. The van der Waals surface area contributed by atoms with Crippen molar-refractivity contribution in [1.82, 2.24) is 5.43 Å². The first-order chi connectivity index (χ1) is 11.5. The highest BCUT2D eigenvalue weighted by Gasteiger charge is 2.06. The van der Waals surface area contributed by atoms with E-state index in [1.54, 1.807) is 6.21 Å². The quantitative estimate of drug-likeness (QED) is 0.359. The van der Waals surface area contributed by atoms with Crippen LogP contribution in [0.1, 0.15) is 18.4 Å². The van der Waals surface area contributed by atoms with Gasteiger partial charge in [-0.25, -0.2) is 5.43 Å². The third-order valence-electron chi connectivity index (χ3n) is 2.96. The lowest BCUT2D eigenvalue weighted by molar-refractivity contribution is -0.124. The van der Waals surface area contributed by atoms with Gasteiger partial charge in [0, 0.05) is 26.6 Å². The third kappa shape index (κ3) is 6.79. The summed E-state index contributed by atoms with van der Waals surface area (Å²) in [5.41, 5.74) is 3.99. The first kappa shape index (κ1) is 18.6. The van der Waals surface area contributed by atoms with Gasteiger partial charge in [0.05, 0.1) is 6.21 Å². The Labute approximate surface area is 162 Å². The number of hydrogen-bond donors (Lipinski definition) is 2. The number of halogens is 2. The molecule has 5 nitrogen and oxygen atoms in total. The molecule has 0 aliphatic carbocycles. The first-order valence-electron chi connectivity index (χ1n) is 7.16. The van der Waals surface area contributed by atoms with Crippen LogP contribution in [0.3, 0.4) is 0 Å². The Morgan fingerprint density at radius 2 is 1.79 bits per heavy atom. The maximum Gasteiger partial charge on any atom is 0.240 e. The van der Waals surface area contributed by atoms with E-state index in [1.807, 2.05) is 48.5 Å². The molecule has 2 aromatic rings. The number of carbonyl (C=O) groups is 2. The SMILES string of the molecule is O=C(CCC(=O)Nc1ccc(I)cc1)N/N=C\c1cccc(Br)c1. The van der Waals surface area contributed by atoms with Crippen molar-refractivity contribution in [3.8, 4) is 0 Å². The van der Waals surface area contributed by atoms with Crippen molar-refractivity contribution in [2.45, 2.75) is 12.8 Å². The number of hydrogen-bond acceptors (Lipinski definition) is 3. The Morgan fingerprint density at radius 3 is 2.50 bits per heavy atom. The van der Waals surface area contributed by atoms with Crippen molar-refractivity contribution < 1.29 is 9.59 Å². The fourth-order valence-electron chi connectivity index (χ4n) is 1.81. The summed E-state index contributed by atoms with van der Waals surface area (Å²) in [6.45, 7) is 0. The molecule has 24 heavy (non-hydrogen) atoms. The molecule has 0 saturated heterocycles. The second-order valence-electron chi connectivity index (χ2n) is 4.90. The monoisotopic (exact) mass is 499 g/mol. The molecule has 2 N–H and O–H groups in total. The molecule has 0 unspecified atom stereocenters. The van der Waals surface area contributed by atoms with Crippen molar-refractivity contribution >= 4 is 62.2 Å². The molecule has 2 amide bonds. The van der Waals surface area contributed by atoms with Crippen LogP contribution in [-0.4, -0.2) is 18.0 Å². The normalized spacial score (nSPS) is 10.6. The standard InChI is InChI=1S/C17H15BrIN3O2/c18-13-3-1-2-12(10-13)11-20-22-17(24)9-8-16(23)21-15-6-4-14(19)5-7-15/h1-7,10-11H,8-9H2,(H,21,23)(H,22,24)/b20-11-. The first-order valence-corrected chi connectivity index (χ1v) is 9.03. The fourth-order valence-corrected chi connectivity index (χ4v) is 2.58. The van der Waals surface area contributed by atoms with Crippen LogP contribution in [0.4, 0.5) is 5.69 Å². The minimum absolute atomic E-state index is 0.0754. The molecule has 0 aliphatic heterocycles. The van der Waals surface area contributed by atoms with Gasteiger partial charge in [0.2, 0.25) is 11.8 Å². The van der Waals surface area contributed by atoms with Gasteiger partial charge in [0.15, 0.2) is 0 Å². The van der Waals surface area contributed by atoms with Crippen molar-refractivity contribution in [3.05, 3.63) is 62.1 Å². The predicted molar refractivity (Wildman–Crippen MR) is 107 cm³/mol. The van der Waals surface area contributed by atoms with Crippen LogP contribution in [-0.2, 0) is 9.59 Å². The summed E-state index contributed by atoms with van der Waals surface area (Å²) in [6, 6.07) is 15.0. The van der Waals surface area contributed by atoms with Crippen molar-refractivity contribution in [2.24, 2.45) is 5.10 Å². The van der Waals surface area contributed by atoms with Gasteiger partial charge in [0.1, 0.15) is 0 Å². The van der Waals surface area contributed by atoms with Gasteiger partial charge < -0.3 is 5.32 Å². The smallest absolute Gasteiger partial charge is 0.240 e. The molecule has 2 rings (SSSR count). The van der Waals surface area contributed by atoms with Crippen LogP contribution in [0.15, 0.2) is 58.1 Å². The number of carbonyl (C=O) groups excluding carboxylic acids is 2. The summed E-state index contributed by atoms with van der Waals surface area (Å²) in [6.07, 6.45) is 1.73. The zero-order valence-corrected chi connectivity index (χ0v) is 16.4. The van der Waals surface area contributed by atoms with Crippen LogP contribution in [0.25, 0.3) is 0 Å². The van der Waals surface area contributed by atoms with E-state index in [0.29, 0.717) is 5.69 Å². The van der Waals surface area contributed by atoms with Crippen LogP contribution in [0.5, 0.6) is 0 Å². The molecular formula is C17H15BrIN3O2. The van der Waals surface area contributed by atoms with E-state index in [2.05, 4.69) is 54.4 Å². The Hall–Kier alpha value is -1.74. The Balaban J connectivity index is 1.72. The molecule has 124 valence electrons. The van der Waals surface area contributed by atoms with Crippen molar-refractivity contribution in [2.75, 3.05) is 5.32 Å². The minimum Gasteiger partial charge on any atom is -0.326 e. The number of amides is 2. The summed E-state index contributed by atoms with van der Waals surface area (Å²) < 4.78 is 2.03. The van der Waals surface area contributed by atoms with Crippen molar-refractivity contribution in [3.63, 3.8) is 0 Å².